The summed E-state index contributed by atoms with van der Waals surface area (Å²) in [6.07, 6.45) is 17.3. The standard InChI is InChI=1S/C36H64N2O8/c1-4-6-8-10-12-14-21-33(39)44-28-30(25-34(40)43-24-17-13-11-9-7-5-2)26-35(41)45-29-31-19-18-23-38(31)36(42)46-32-20-15-16-22-37(3)27-32/h30-32H,4-29H2,1-3H3/t30?,31-,32?/m0/s1. The molecule has 0 saturated carbocycles. The maximum atomic E-state index is 13.0. The molecule has 3 atom stereocenters. The largest absolute Gasteiger partial charge is 0.466 e. The molecule has 0 bridgehead atoms. The van der Waals surface area contributed by atoms with E-state index in [9.17, 15) is 19.2 Å². The van der Waals surface area contributed by atoms with E-state index in [-0.39, 0.29) is 50.3 Å². The van der Waals surface area contributed by atoms with E-state index >= 15 is 0 Å². The second-order valence-corrected chi connectivity index (χ2v) is 13.4. The lowest BCUT2D eigenvalue weighted by Gasteiger charge is -2.27. The topological polar surface area (TPSA) is 112 Å². The van der Waals surface area contributed by atoms with Crippen LogP contribution in [-0.2, 0) is 33.3 Å². The van der Waals surface area contributed by atoms with Crippen LogP contribution in [0.3, 0.4) is 0 Å². The molecule has 2 heterocycles. The summed E-state index contributed by atoms with van der Waals surface area (Å²) in [5.41, 5.74) is 0. The van der Waals surface area contributed by atoms with Crippen LogP contribution >= 0.6 is 0 Å². The average Bonchev–Trinajstić information content (AvgIpc) is 3.41. The van der Waals surface area contributed by atoms with Crippen LogP contribution in [0.15, 0.2) is 0 Å². The summed E-state index contributed by atoms with van der Waals surface area (Å²) in [6, 6.07) is -0.240. The van der Waals surface area contributed by atoms with Crippen molar-refractivity contribution in [3.05, 3.63) is 0 Å². The number of nitrogens with zero attached hydrogens (tertiary/aromatic N) is 2. The molecule has 2 aliphatic heterocycles. The highest BCUT2D eigenvalue weighted by molar-refractivity contribution is 5.74. The fourth-order valence-corrected chi connectivity index (χ4v) is 6.21. The molecule has 1 amide bonds. The molecule has 0 N–H and O–H groups in total. The zero-order valence-electron chi connectivity index (χ0n) is 29.3. The third-order valence-electron chi connectivity index (χ3n) is 9.03. The molecule has 46 heavy (non-hydrogen) atoms. The summed E-state index contributed by atoms with van der Waals surface area (Å²) < 4.78 is 22.4. The highest BCUT2D eigenvalue weighted by atomic mass is 16.6. The van der Waals surface area contributed by atoms with Gasteiger partial charge in [0.2, 0.25) is 0 Å². The molecule has 0 radical (unpaired) electrons. The molecule has 0 spiro atoms. The molecule has 2 unspecified atom stereocenters. The van der Waals surface area contributed by atoms with Gasteiger partial charge in [-0.25, -0.2) is 4.79 Å². The van der Waals surface area contributed by atoms with Crippen LogP contribution in [-0.4, -0.2) is 92.4 Å². The van der Waals surface area contributed by atoms with E-state index in [0.717, 1.165) is 83.7 Å². The van der Waals surface area contributed by atoms with Gasteiger partial charge in [0.1, 0.15) is 12.7 Å². The number of carbonyl (C=O) groups excluding carboxylic acids is 4. The van der Waals surface area contributed by atoms with Gasteiger partial charge < -0.3 is 28.7 Å². The van der Waals surface area contributed by atoms with Crippen molar-refractivity contribution in [1.29, 1.82) is 0 Å². The molecule has 0 aromatic carbocycles. The van der Waals surface area contributed by atoms with Crippen LogP contribution in [0.5, 0.6) is 0 Å². The van der Waals surface area contributed by atoms with E-state index in [1.165, 1.54) is 38.5 Å². The molecule has 2 fully saturated rings. The van der Waals surface area contributed by atoms with Crippen molar-refractivity contribution in [2.45, 2.75) is 154 Å². The first-order valence-corrected chi connectivity index (χ1v) is 18.4. The Labute approximate surface area is 278 Å². The molecule has 266 valence electrons. The number of unbranched alkanes of at least 4 members (excludes halogenated alkanes) is 10. The van der Waals surface area contributed by atoms with E-state index in [1.54, 1.807) is 4.90 Å². The number of hydrogen-bond acceptors (Lipinski definition) is 9. The Morgan fingerprint density at radius 1 is 0.696 bits per heavy atom. The van der Waals surface area contributed by atoms with Gasteiger partial charge in [-0.1, -0.05) is 78.1 Å². The van der Waals surface area contributed by atoms with Crippen molar-refractivity contribution in [1.82, 2.24) is 9.80 Å². The minimum Gasteiger partial charge on any atom is -0.466 e. The Morgan fingerprint density at radius 3 is 2.07 bits per heavy atom. The summed E-state index contributed by atoms with van der Waals surface area (Å²) in [5, 5.41) is 0. The molecule has 0 aromatic rings. The molecule has 2 rings (SSSR count). The number of carbonyl (C=O) groups is 4. The van der Waals surface area contributed by atoms with E-state index in [1.807, 2.05) is 7.05 Å². The van der Waals surface area contributed by atoms with Crippen LogP contribution < -0.4 is 0 Å². The Bertz CT molecular complexity index is 869. The van der Waals surface area contributed by atoms with Crippen LogP contribution in [0.25, 0.3) is 0 Å². The first-order chi connectivity index (χ1) is 22.3. The lowest BCUT2D eigenvalue weighted by atomic mass is 10.0. The Hall–Kier alpha value is -2.36. The van der Waals surface area contributed by atoms with E-state index in [4.69, 9.17) is 18.9 Å². The van der Waals surface area contributed by atoms with Crippen molar-refractivity contribution in [3.63, 3.8) is 0 Å². The zero-order valence-corrected chi connectivity index (χ0v) is 29.3. The predicted octanol–water partition coefficient (Wildman–Crippen LogP) is 7.21. The molecular formula is C36H64N2O8. The number of amides is 1. The Kier molecular flexibility index (Phi) is 21.4. The fourth-order valence-electron chi connectivity index (χ4n) is 6.21. The van der Waals surface area contributed by atoms with Crippen molar-refractivity contribution in [3.8, 4) is 0 Å². The number of rotatable bonds is 23. The van der Waals surface area contributed by atoms with Crippen molar-refractivity contribution in [2.24, 2.45) is 5.92 Å². The molecule has 10 heteroatoms. The van der Waals surface area contributed by atoms with Crippen LogP contribution in [0.2, 0.25) is 0 Å². The summed E-state index contributed by atoms with van der Waals surface area (Å²) >= 11 is 0. The summed E-state index contributed by atoms with van der Waals surface area (Å²) in [7, 11) is 2.05. The molecule has 2 saturated heterocycles. The molecule has 0 aliphatic carbocycles. The second kappa shape index (κ2) is 24.8. The number of hydrogen-bond donors (Lipinski definition) is 0. The predicted molar refractivity (Wildman–Crippen MR) is 178 cm³/mol. The molecule has 0 aromatic heterocycles. The maximum absolute atomic E-state index is 13.0. The van der Waals surface area contributed by atoms with E-state index < -0.39 is 17.9 Å². The minimum absolute atomic E-state index is 0.0209. The van der Waals surface area contributed by atoms with Crippen molar-refractivity contribution < 1.29 is 38.1 Å². The van der Waals surface area contributed by atoms with Gasteiger partial charge in [-0.3, -0.25) is 14.4 Å². The number of likely N-dealkylation sites (N-methyl/N-ethyl adjacent to an activating group) is 1. The van der Waals surface area contributed by atoms with Gasteiger partial charge in [0.25, 0.3) is 0 Å². The SMILES string of the molecule is CCCCCCCCOC(=O)CC(COC(=O)CCCCCCCC)CC(=O)OC[C@@H]1CCCN1C(=O)OC1CCCCN(C)C1. The van der Waals surface area contributed by atoms with Gasteiger partial charge in [0.05, 0.1) is 32.1 Å². The van der Waals surface area contributed by atoms with Gasteiger partial charge in [-0.05, 0) is 58.5 Å². The highest BCUT2D eigenvalue weighted by Crippen LogP contribution is 2.22. The summed E-state index contributed by atoms with van der Waals surface area (Å²) in [6.45, 7) is 7.05. The third-order valence-corrected chi connectivity index (χ3v) is 9.03. The lowest BCUT2D eigenvalue weighted by molar-refractivity contribution is -0.154. The lowest BCUT2D eigenvalue weighted by Crippen LogP contribution is -2.42. The third kappa shape index (κ3) is 18.1. The highest BCUT2D eigenvalue weighted by Gasteiger charge is 2.33. The van der Waals surface area contributed by atoms with Crippen molar-refractivity contribution >= 4 is 24.0 Å². The quantitative estimate of drug-likeness (QED) is 0.0642. The average molecular weight is 653 g/mol. The number of ether oxygens (including phenoxy) is 4. The van der Waals surface area contributed by atoms with Gasteiger partial charge in [-0.15, -0.1) is 0 Å². The number of likely N-dealkylation sites (tertiary alicyclic amines) is 2. The van der Waals surface area contributed by atoms with Crippen molar-refractivity contribution in [2.75, 3.05) is 46.5 Å². The van der Waals surface area contributed by atoms with Crippen LogP contribution in [0.1, 0.15) is 142 Å². The van der Waals surface area contributed by atoms with Crippen LogP contribution in [0, 0.1) is 5.92 Å². The first-order valence-electron chi connectivity index (χ1n) is 18.4. The van der Waals surface area contributed by atoms with Gasteiger partial charge in [0.15, 0.2) is 0 Å². The van der Waals surface area contributed by atoms with Gasteiger partial charge in [-0.2, -0.15) is 0 Å². The zero-order chi connectivity index (χ0) is 33.4. The van der Waals surface area contributed by atoms with E-state index in [0.29, 0.717) is 19.6 Å². The normalized spacial score (nSPS) is 19.3. The minimum atomic E-state index is -0.532. The molecule has 10 nitrogen and oxygen atoms in total. The van der Waals surface area contributed by atoms with Gasteiger partial charge >= 0.3 is 24.0 Å². The fraction of sp³-hybridized carbons (Fsp3) is 0.889. The monoisotopic (exact) mass is 652 g/mol. The number of esters is 3. The van der Waals surface area contributed by atoms with Crippen LogP contribution in [0.4, 0.5) is 4.79 Å². The Morgan fingerprint density at radius 2 is 1.35 bits per heavy atom. The molecular weight excluding hydrogens is 588 g/mol. The van der Waals surface area contributed by atoms with Gasteiger partial charge in [0, 0.05) is 25.4 Å². The second-order valence-electron chi connectivity index (χ2n) is 13.4. The Balaban J connectivity index is 1.81. The first kappa shape index (κ1) is 39.8. The summed E-state index contributed by atoms with van der Waals surface area (Å²) in [5.74, 6) is -1.72. The molecule has 2 aliphatic rings. The smallest absolute Gasteiger partial charge is 0.410 e. The maximum Gasteiger partial charge on any atom is 0.410 e. The van der Waals surface area contributed by atoms with E-state index in [2.05, 4.69) is 18.7 Å². The summed E-state index contributed by atoms with van der Waals surface area (Å²) in [4.78, 5) is 54.8.